The summed E-state index contributed by atoms with van der Waals surface area (Å²) in [5, 5.41) is 9.01. The van der Waals surface area contributed by atoms with E-state index in [9.17, 15) is 4.79 Å². The number of aryl methyl sites for hydroxylation is 2. The van der Waals surface area contributed by atoms with Crippen LogP contribution in [0.2, 0.25) is 0 Å². The van der Waals surface area contributed by atoms with Crippen molar-refractivity contribution in [1.82, 2.24) is 0 Å². The van der Waals surface area contributed by atoms with E-state index >= 15 is 0 Å². The minimum Gasteiger partial charge on any atom is -0.481 e. The average molecular weight is 235 g/mol. The maximum absolute atomic E-state index is 11.0. The van der Waals surface area contributed by atoms with Crippen LogP contribution in [0.25, 0.3) is 0 Å². The van der Waals surface area contributed by atoms with Crippen molar-refractivity contribution < 1.29 is 9.90 Å². The van der Waals surface area contributed by atoms with Crippen LogP contribution in [0.15, 0.2) is 18.2 Å². The Labute approximate surface area is 103 Å². The first-order chi connectivity index (χ1) is 7.71. The summed E-state index contributed by atoms with van der Waals surface area (Å²) in [5.74, 6) is -0.977. The molecule has 3 heteroatoms. The molecule has 0 spiro atoms. The summed E-state index contributed by atoms with van der Waals surface area (Å²) >= 11 is 0. The molecule has 94 valence electrons. The lowest BCUT2D eigenvalue weighted by Gasteiger charge is -2.31. The molecule has 1 unspecified atom stereocenters. The zero-order chi connectivity index (χ0) is 13.2. The van der Waals surface area contributed by atoms with Crippen molar-refractivity contribution in [3.8, 4) is 0 Å². The van der Waals surface area contributed by atoms with E-state index in [4.69, 9.17) is 10.8 Å². The van der Waals surface area contributed by atoms with Gasteiger partial charge in [0.15, 0.2) is 0 Å². The fraction of sp³-hybridized carbons (Fsp3) is 0.500. The Morgan fingerprint density at radius 3 is 2.47 bits per heavy atom. The van der Waals surface area contributed by atoms with Gasteiger partial charge in [-0.3, -0.25) is 4.79 Å². The van der Waals surface area contributed by atoms with E-state index in [0.29, 0.717) is 0 Å². The predicted octanol–water partition coefficient (Wildman–Crippen LogP) is 2.60. The van der Waals surface area contributed by atoms with Gasteiger partial charge in [0.1, 0.15) is 0 Å². The van der Waals surface area contributed by atoms with Crippen molar-refractivity contribution in [2.24, 2.45) is 5.73 Å². The Bertz CT molecular complexity index is 419. The van der Waals surface area contributed by atoms with Crippen LogP contribution in [-0.4, -0.2) is 16.6 Å². The highest BCUT2D eigenvalue weighted by Gasteiger charge is 2.30. The summed E-state index contributed by atoms with van der Waals surface area (Å²) < 4.78 is 0. The van der Waals surface area contributed by atoms with E-state index in [1.807, 2.05) is 45.9 Å². The van der Waals surface area contributed by atoms with Gasteiger partial charge >= 0.3 is 5.97 Å². The highest BCUT2D eigenvalue weighted by Crippen LogP contribution is 2.32. The van der Waals surface area contributed by atoms with Gasteiger partial charge in [-0.1, -0.05) is 23.8 Å². The molecule has 0 aliphatic carbocycles. The van der Waals surface area contributed by atoms with Crippen molar-refractivity contribution in [3.05, 3.63) is 34.9 Å². The first-order valence-electron chi connectivity index (χ1n) is 5.79. The second-order valence-electron chi connectivity index (χ2n) is 5.33. The third kappa shape index (κ3) is 3.56. The smallest absolute Gasteiger partial charge is 0.304 e. The quantitative estimate of drug-likeness (QED) is 0.843. The standard InChI is InChI=1S/C14H21NO2/c1-9-5-6-10(2)11(7-9)12(8-13(16)17)14(3,4)15/h5-7,12H,8,15H2,1-4H3,(H,16,17). The van der Waals surface area contributed by atoms with Gasteiger partial charge in [0.05, 0.1) is 6.42 Å². The molecular formula is C14H21NO2. The number of hydrogen-bond donors (Lipinski definition) is 2. The maximum Gasteiger partial charge on any atom is 0.304 e. The summed E-state index contributed by atoms with van der Waals surface area (Å²) in [6, 6.07) is 6.09. The predicted molar refractivity (Wildman–Crippen MR) is 69.2 cm³/mol. The van der Waals surface area contributed by atoms with Crippen molar-refractivity contribution in [1.29, 1.82) is 0 Å². The molecule has 3 nitrogen and oxygen atoms in total. The number of benzene rings is 1. The van der Waals surface area contributed by atoms with E-state index in [-0.39, 0.29) is 12.3 Å². The third-order valence-corrected chi connectivity index (χ3v) is 3.09. The number of carboxylic acid groups (broad SMARTS) is 1. The lowest BCUT2D eigenvalue weighted by atomic mass is 9.78. The van der Waals surface area contributed by atoms with Gasteiger partial charge in [0.2, 0.25) is 0 Å². The van der Waals surface area contributed by atoms with E-state index in [1.54, 1.807) is 0 Å². The summed E-state index contributed by atoms with van der Waals surface area (Å²) in [6.45, 7) is 7.75. The normalized spacial score (nSPS) is 13.5. The van der Waals surface area contributed by atoms with Gasteiger partial charge in [-0.25, -0.2) is 0 Å². The minimum absolute atomic E-state index is 0.0633. The molecular weight excluding hydrogens is 214 g/mol. The van der Waals surface area contributed by atoms with Crippen molar-refractivity contribution in [2.45, 2.75) is 45.6 Å². The number of aliphatic carboxylic acids is 1. The second kappa shape index (κ2) is 4.88. The fourth-order valence-corrected chi connectivity index (χ4v) is 2.08. The largest absolute Gasteiger partial charge is 0.481 e. The fourth-order valence-electron chi connectivity index (χ4n) is 2.08. The molecule has 0 bridgehead atoms. The van der Waals surface area contributed by atoms with E-state index < -0.39 is 11.5 Å². The van der Waals surface area contributed by atoms with Crippen molar-refractivity contribution in [2.75, 3.05) is 0 Å². The lowest BCUT2D eigenvalue weighted by molar-refractivity contribution is -0.137. The molecule has 0 aliphatic heterocycles. The highest BCUT2D eigenvalue weighted by atomic mass is 16.4. The molecule has 0 saturated heterocycles. The molecule has 0 fully saturated rings. The second-order valence-corrected chi connectivity index (χ2v) is 5.33. The van der Waals surface area contributed by atoms with Crippen molar-refractivity contribution >= 4 is 5.97 Å². The highest BCUT2D eigenvalue weighted by molar-refractivity contribution is 5.68. The lowest BCUT2D eigenvalue weighted by Crippen LogP contribution is -2.40. The number of hydrogen-bond acceptors (Lipinski definition) is 2. The van der Waals surface area contributed by atoms with E-state index in [0.717, 1.165) is 16.7 Å². The molecule has 0 aliphatic rings. The van der Waals surface area contributed by atoms with Crippen LogP contribution in [-0.2, 0) is 4.79 Å². The van der Waals surface area contributed by atoms with Crippen LogP contribution in [0.5, 0.6) is 0 Å². The monoisotopic (exact) mass is 235 g/mol. The molecule has 0 aromatic heterocycles. The molecule has 1 rings (SSSR count). The molecule has 0 amide bonds. The SMILES string of the molecule is Cc1ccc(C)c(C(CC(=O)O)C(C)(C)N)c1. The van der Waals surface area contributed by atoms with Gasteiger partial charge in [-0.2, -0.15) is 0 Å². The Morgan fingerprint density at radius 1 is 1.41 bits per heavy atom. The average Bonchev–Trinajstić information content (AvgIpc) is 2.16. The summed E-state index contributed by atoms with van der Waals surface area (Å²) in [6.07, 6.45) is 0.0633. The van der Waals surface area contributed by atoms with Gasteiger partial charge in [0.25, 0.3) is 0 Å². The summed E-state index contributed by atoms with van der Waals surface area (Å²) in [7, 11) is 0. The van der Waals surface area contributed by atoms with Gasteiger partial charge < -0.3 is 10.8 Å². The molecule has 3 N–H and O–H groups in total. The van der Waals surface area contributed by atoms with Gasteiger partial charge in [-0.15, -0.1) is 0 Å². The first kappa shape index (κ1) is 13.7. The zero-order valence-corrected chi connectivity index (χ0v) is 10.9. The first-order valence-corrected chi connectivity index (χ1v) is 5.79. The summed E-state index contributed by atoms with van der Waals surface area (Å²) in [5.41, 5.74) is 8.84. The zero-order valence-electron chi connectivity index (χ0n) is 10.9. The van der Waals surface area contributed by atoms with Crippen molar-refractivity contribution in [3.63, 3.8) is 0 Å². The van der Waals surface area contributed by atoms with E-state index in [2.05, 4.69) is 0 Å². The molecule has 0 saturated carbocycles. The Balaban J connectivity index is 3.21. The van der Waals surface area contributed by atoms with Crippen LogP contribution in [0, 0.1) is 13.8 Å². The minimum atomic E-state index is -0.811. The number of carboxylic acids is 1. The maximum atomic E-state index is 11.0. The number of carbonyl (C=O) groups is 1. The molecule has 0 radical (unpaired) electrons. The van der Waals surface area contributed by atoms with Crippen LogP contribution < -0.4 is 5.73 Å². The molecule has 1 aromatic carbocycles. The van der Waals surface area contributed by atoms with Crippen LogP contribution >= 0.6 is 0 Å². The Hall–Kier alpha value is -1.35. The van der Waals surface area contributed by atoms with E-state index in [1.165, 1.54) is 0 Å². The molecule has 0 heterocycles. The van der Waals surface area contributed by atoms with Gasteiger partial charge in [0, 0.05) is 11.5 Å². The van der Waals surface area contributed by atoms with Crippen LogP contribution in [0.3, 0.4) is 0 Å². The van der Waals surface area contributed by atoms with Crippen LogP contribution in [0.1, 0.15) is 42.9 Å². The third-order valence-electron chi connectivity index (χ3n) is 3.09. The molecule has 17 heavy (non-hydrogen) atoms. The molecule has 1 aromatic rings. The Kier molecular flexibility index (Phi) is 3.94. The molecule has 1 atom stereocenters. The van der Waals surface area contributed by atoms with Crippen LogP contribution in [0.4, 0.5) is 0 Å². The number of rotatable bonds is 4. The van der Waals surface area contributed by atoms with Gasteiger partial charge in [-0.05, 0) is 38.8 Å². The topological polar surface area (TPSA) is 63.3 Å². The number of nitrogens with two attached hydrogens (primary N) is 1. The Morgan fingerprint density at radius 2 is 2.00 bits per heavy atom. The summed E-state index contributed by atoms with van der Waals surface area (Å²) in [4.78, 5) is 11.0.